The number of thioether (sulfide) groups is 1. The van der Waals surface area contributed by atoms with E-state index in [0.717, 1.165) is 4.90 Å². The maximum Gasteiger partial charge on any atom is 0.230 e. The average molecular weight is 275 g/mol. The van der Waals surface area contributed by atoms with Crippen LogP contribution in [0.15, 0.2) is 47.4 Å². The van der Waals surface area contributed by atoms with Crippen LogP contribution >= 0.6 is 11.8 Å². The third kappa shape index (κ3) is 4.26. The van der Waals surface area contributed by atoms with Crippen LogP contribution in [0.4, 0.5) is 0 Å². The molecule has 2 N–H and O–H groups in total. The van der Waals surface area contributed by atoms with Crippen molar-refractivity contribution in [3.05, 3.63) is 42.5 Å². The van der Waals surface area contributed by atoms with Crippen molar-refractivity contribution in [3.8, 4) is 0 Å². The quantitative estimate of drug-likeness (QED) is 0.629. The van der Waals surface area contributed by atoms with Crippen molar-refractivity contribution in [3.63, 3.8) is 0 Å². The van der Waals surface area contributed by atoms with Crippen molar-refractivity contribution in [2.24, 2.45) is 0 Å². The van der Waals surface area contributed by atoms with Crippen LogP contribution in [0.1, 0.15) is 6.42 Å². The molecule has 0 atom stereocenters. The SMILES string of the molecule is O=C(CSc1ccc2ccccc2c1)NCCCO. The first-order valence-electron chi connectivity index (χ1n) is 6.29. The first-order chi connectivity index (χ1) is 9.29. The summed E-state index contributed by atoms with van der Waals surface area (Å²) in [4.78, 5) is 12.6. The second-order valence-electron chi connectivity index (χ2n) is 4.22. The molecule has 19 heavy (non-hydrogen) atoms. The summed E-state index contributed by atoms with van der Waals surface area (Å²) in [6, 6.07) is 14.4. The molecule has 0 heterocycles. The minimum absolute atomic E-state index is 0.00612. The molecular weight excluding hydrogens is 258 g/mol. The molecular formula is C15H17NO2S. The summed E-state index contributed by atoms with van der Waals surface area (Å²) in [6.07, 6.45) is 0.604. The highest BCUT2D eigenvalue weighted by molar-refractivity contribution is 8.00. The maximum absolute atomic E-state index is 11.5. The van der Waals surface area contributed by atoms with E-state index in [1.54, 1.807) is 0 Å². The van der Waals surface area contributed by atoms with E-state index in [0.29, 0.717) is 18.7 Å². The van der Waals surface area contributed by atoms with Crippen LogP contribution < -0.4 is 5.32 Å². The lowest BCUT2D eigenvalue weighted by Crippen LogP contribution is -2.26. The van der Waals surface area contributed by atoms with E-state index in [9.17, 15) is 4.79 Å². The molecule has 0 aromatic heterocycles. The molecule has 0 aliphatic heterocycles. The molecule has 0 saturated carbocycles. The van der Waals surface area contributed by atoms with Gasteiger partial charge in [0, 0.05) is 18.0 Å². The van der Waals surface area contributed by atoms with Gasteiger partial charge in [-0.2, -0.15) is 0 Å². The largest absolute Gasteiger partial charge is 0.396 e. The van der Waals surface area contributed by atoms with E-state index in [-0.39, 0.29) is 12.5 Å². The zero-order valence-corrected chi connectivity index (χ0v) is 11.5. The number of hydrogen-bond donors (Lipinski definition) is 2. The lowest BCUT2D eigenvalue weighted by atomic mass is 10.1. The minimum Gasteiger partial charge on any atom is -0.396 e. The fraction of sp³-hybridized carbons (Fsp3) is 0.267. The number of benzene rings is 2. The number of aliphatic hydroxyl groups excluding tert-OH is 1. The Balaban J connectivity index is 1.89. The highest BCUT2D eigenvalue weighted by Gasteiger charge is 2.02. The van der Waals surface area contributed by atoms with E-state index in [1.165, 1.54) is 22.5 Å². The van der Waals surface area contributed by atoms with Gasteiger partial charge in [-0.3, -0.25) is 4.79 Å². The van der Waals surface area contributed by atoms with Crippen LogP contribution in [-0.4, -0.2) is 29.9 Å². The Labute approximate surface area is 117 Å². The molecule has 0 spiro atoms. The fourth-order valence-corrected chi connectivity index (χ4v) is 2.54. The first-order valence-corrected chi connectivity index (χ1v) is 7.27. The minimum atomic E-state index is 0.00612. The summed E-state index contributed by atoms with van der Waals surface area (Å²) in [7, 11) is 0. The Hall–Kier alpha value is -1.52. The van der Waals surface area contributed by atoms with Crippen molar-refractivity contribution in [2.75, 3.05) is 18.9 Å². The Morgan fingerprint density at radius 3 is 2.74 bits per heavy atom. The topological polar surface area (TPSA) is 49.3 Å². The molecule has 0 aliphatic carbocycles. The van der Waals surface area contributed by atoms with Gasteiger partial charge >= 0.3 is 0 Å². The smallest absolute Gasteiger partial charge is 0.230 e. The fourth-order valence-electron chi connectivity index (χ4n) is 1.76. The molecule has 2 aromatic carbocycles. The van der Waals surface area contributed by atoms with Crippen molar-refractivity contribution in [2.45, 2.75) is 11.3 Å². The van der Waals surface area contributed by atoms with Crippen LogP contribution in [0, 0.1) is 0 Å². The van der Waals surface area contributed by atoms with Crippen LogP contribution in [0.25, 0.3) is 10.8 Å². The van der Waals surface area contributed by atoms with Crippen molar-refractivity contribution >= 4 is 28.4 Å². The number of hydrogen-bond acceptors (Lipinski definition) is 3. The predicted octanol–water partition coefficient (Wildman–Crippen LogP) is 2.43. The van der Waals surface area contributed by atoms with Gasteiger partial charge in [0.05, 0.1) is 5.75 Å². The van der Waals surface area contributed by atoms with Crippen molar-refractivity contribution in [1.82, 2.24) is 5.32 Å². The molecule has 4 heteroatoms. The van der Waals surface area contributed by atoms with E-state index < -0.39 is 0 Å². The third-order valence-electron chi connectivity index (χ3n) is 2.75. The number of fused-ring (bicyclic) bond motifs is 1. The molecule has 0 radical (unpaired) electrons. The van der Waals surface area contributed by atoms with Gasteiger partial charge in [0.2, 0.25) is 5.91 Å². The van der Waals surface area contributed by atoms with Gasteiger partial charge in [-0.05, 0) is 29.3 Å². The van der Waals surface area contributed by atoms with Gasteiger partial charge in [0.1, 0.15) is 0 Å². The molecule has 0 fully saturated rings. The Bertz CT molecular complexity index is 557. The van der Waals surface area contributed by atoms with Gasteiger partial charge in [0.15, 0.2) is 0 Å². The number of carbonyl (C=O) groups excluding carboxylic acids is 1. The van der Waals surface area contributed by atoms with Crippen LogP contribution in [-0.2, 0) is 4.79 Å². The monoisotopic (exact) mass is 275 g/mol. The van der Waals surface area contributed by atoms with Crippen LogP contribution in [0.2, 0.25) is 0 Å². The molecule has 3 nitrogen and oxygen atoms in total. The van der Waals surface area contributed by atoms with Crippen LogP contribution in [0.3, 0.4) is 0 Å². The highest BCUT2D eigenvalue weighted by Crippen LogP contribution is 2.23. The number of carbonyl (C=O) groups is 1. The van der Waals surface area contributed by atoms with Gasteiger partial charge < -0.3 is 10.4 Å². The third-order valence-corrected chi connectivity index (χ3v) is 3.74. The summed E-state index contributed by atoms with van der Waals surface area (Å²) < 4.78 is 0. The molecule has 100 valence electrons. The van der Waals surface area contributed by atoms with E-state index >= 15 is 0 Å². The first kappa shape index (κ1) is 13.9. The number of amides is 1. The average Bonchev–Trinajstić information content (AvgIpc) is 2.45. The molecule has 2 aromatic rings. The van der Waals surface area contributed by atoms with Gasteiger partial charge in [-0.15, -0.1) is 11.8 Å². The molecule has 0 unspecified atom stereocenters. The predicted molar refractivity (Wildman–Crippen MR) is 79.4 cm³/mol. The lowest BCUT2D eigenvalue weighted by molar-refractivity contribution is -0.118. The normalized spacial score (nSPS) is 10.6. The Morgan fingerprint density at radius 2 is 1.95 bits per heavy atom. The van der Waals surface area contributed by atoms with Gasteiger partial charge in [0.25, 0.3) is 0 Å². The molecule has 0 aliphatic rings. The second-order valence-corrected chi connectivity index (χ2v) is 5.27. The standard InChI is InChI=1S/C15H17NO2S/c17-9-3-8-16-15(18)11-19-14-7-6-12-4-1-2-5-13(12)10-14/h1-2,4-7,10,17H,3,8-9,11H2,(H,16,18). The molecule has 0 bridgehead atoms. The summed E-state index contributed by atoms with van der Waals surface area (Å²) in [5.41, 5.74) is 0. The lowest BCUT2D eigenvalue weighted by Gasteiger charge is -2.05. The van der Waals surface area contributed by atoms with Crippen molar-refractivity contribution < 1.29 is 9.90 Å². The van der Waals surface area contributed by atoms with E-state index in [2.05, 4.69) is 29.6 Å². The maximum atomic E-state index is 11.5. The van der Waals surface area contributed by atoms with Crippen molar-refractivity contribution in [1.29, 1.82) is 0 Å². The summed E-state index contributed by atoms with van der Waals surface area (Å²) in [5, 5.41) is 13.8. The highest BCUT2D eigenvalue weighted by atomic mass is 32.2. The summed E-state index contributed by atoms with van der Waals surface area (Å²) in [6.45, 7) is 0.645. The summed E-state index contributed by atoms with van der Waals surface area (Å²) >= 11 is 1.53. The second kappa shape index (κ2) is 7.16. The Morgan fingerprint density at radius 1 is 1.16 bits per heavy atom. The number of nitrogens with one attached hydrogen (secondary N) is 1. The van der Waals surface area contributed by atoms with Gasteiger partial charge in [-0.25, -0.2) is 0 Å². The zero-order valence-electron chi connectivity index (χ0n) is 10.6. The number of rotatable bonds is 6. The molecule has 0 saturated heterocycles. The van der Waals surface area contributed by atoms with Gasteiger partial charge in [-0.1, -0.05) is 30.3 Å². The molecule has 2 rings (SSSR count). The molecule has 1 amide bonds. The van der Waals surface area contributed by atoms with Crippen LogP contribution in [0.5, 0.6) is 0 Å². The van der Waals surface area contributed by atoms with E-state index in [1.807, 2.05) is 18.2 Å². The summed E-state index contributed by atoms with van der Waals surface area (Å²) in [5.74, 6) is 0.413. The van der Waals surface area contributed by atoms with E-state index in [4.69, 9.17) is 5.11 Å². The zero-order chi connectivity index (χ0) is 13.5. The Kier molecular flexibility index (Phi) is 5.24. The number of aliphatic hydroxyl groups is 1.